The van der Waals surface area contributed by atoms with Crippen molar-refractivity contribution < 1.29 is 14.7 Å². The van der Waals surface area contributed by atoms with E-state index in [2.05, 4.69) is 10.4 Å². The molecule has 2 saturated heterocycles. The standard InChI is InChI=1S/C15H22N4O3/c1-10-8-11(17-18(10)2)13(21)19-7-4-12(20)15(9-19)5-3-6-16-14(15)22/h8,12,20H,3-7,9H2,1-2H3,(H,16,22)/t12-,15-/m1/s1. The normalized spacial score (nSPS) is 28.8. The van der Waals surface area contributed by atoms with Crippen molar-refractivity contribution in [3.05, 3.63) is 17.5 Å². The molecule has 0 bridgehead atoms. The summed E-state index contributed by atoms with van der Waals surface area (Å²) in [6.07, 6.45) is 1.17. The third kappa shape index (κ3) is 2.29. The van der Waals surface area contributed by atoms with Crippen LogP contribution in [0.1, 0.15) is 35.4 Å². The quantitative estimate of drug-likeness (QED) is 0.754. The Labute approximate surface area is 129 Å². The average molecular weight is 306 g/mol. The fourth-order valence-corrected chi connectivity index (χ4v) is 3.44. The first-order valence-electron chi connectivity index (χ1n) is 7.70. The lowest BCUT2D eigenvalue weighted by atomic mass is 9.71. The average Bonchev–Trinajstić information content (AvgIpc) is 2.84. The van der Waals surface area contributed by atoms with Gasteiger partial charge in [-0.2, -0.15) is 5.10 Å². The van der Waals surface area contributed by atoms with Gasteiger partial charge in [0, 0.05) is 32.4 Å². The van der Waals surface area contributed by atoms with Gasteiger partial charge < -0.3 is 15.3 Å². The van der Waals surface area contributed by atoms with E-state index in [1.54, 1.807) is 22.7 Å². The minimum atomic E-state index is -0.865. The van der Waals surface area contributed by atoms with Gasteiger partial charge in [-0.1, -0.05) is 0 Å². The van der Waals surface area contributed by atoms with Gasteiger partial charge in [-0.25, -0.2) is 0 Å². The van der Waals surface area contributed by atoms with Gasteiger partial charge in [0.2, 0.25) is 5.91 Å². The molecule has 120 valence electrons. The molecule has 1 aromatic heterocycles. The summed E-state index contributed by atoms with van der Waals surface area (Å²) in [5.41, 5.74) is 0.434. The molecule has 2 amide bonds. The Bertz CT molecular complexity index is 592. The zero-order valence-electron chi connectivity index (χ0n) is 13.0. The molecule has 2 atom stereocenters. The molecule has 22 heavy (non-hydrogen) atoms. The monoisotopic (exact) mass is 306 g/mol. The largest absolute Gasteiger partial charge is 0.392 e. The zero-order valence-corrected chi connectivity index (χ0v) is 13.0. The van der Waals surface area contributed by atoms with Crippen LogP contribution in [0.3, 0.4) is 0 Å². The Kier molecular flexibility index (Phi) is 3.68. The van der Waals surface area contributed by atoms with Crippen molar-refractivity contribution in [2.45, 2.75) is 32.3 Å². The molecule has 0 radical (unpaired) electrons. The van der Waals surface area contributed by atoms with Gasteiger partial charge in [0.05, 0.1) is 11.5 Å². The molecule has 2 N–H and O–H groups in total. The van der Waals surface area contributed by atoms with Crippen molar-refractivity contribution in [3.63, 3.8) is 0 Å². The Morgan fingerprint density at radius 3 is 2.95 bits per heavy atom. The van der Waals surface area contributed by atoms with E-state index in [0.717, 1.165) is 12.1 Å². The number of aromatic nitrogens is 2. The van der Waals surface area contributed by atoms with Crippen LogP contribution in [-0.2, 0) is 11.8 Å². The van der Waals surface area contributed by atoms with E-state index in [1.807, 2.05) is 6.92 Å². The molecule has 0 aromatic carbocycles. The smallest absolute Gasteiger partial charge is 0.274 e. The second kappa shape index (κ2) is 5.39. The fourth-order valence-electron chi connectivity index (χ4n) is 3.44. The number of hydrogen-bond acceptors (Lipinski definition) is 4. The molecule has 7 heteroatoms. The summed E-state index contributed by atoms with van der Waals surface area (Å²) < 4.78 is 1.66. The maximum absolute atomic E-state index is 12.6. The summed E-state index contributed by atoms with van der Waals surface area (Å²) >= 11 is 0. The lowest BCUT2D eigenvalue weighted by Crippen LogP contribution is -2.62. The summed E-state index contributed by atoms with van der Waals surface area (Å²) in [6, 6.07) is 1.75. The summed E-state index contributed by atoms with van der Waals surface area (Å²) in [6.45, 7) is 3.24. The number of nitrogens with one attached hydrogen (secondary N) is 1. The molecular formula is C15H22N4O3. The lowest BCUT2D eigenvalue weighted by Gasteiger charge is -2.46. The summed E-state index contributed by atoms with van der Waals surface area (Å²) in [5.74, 6) is -0.311. The first-order chi connectivity index (χ1) is 10.4. The zero-order chi connectivity index (χ0) is 15.9. The van der Waals surface area contributed by atoms with Gasteiger partial charge >= 0.3 is 0 Å². The molecule has 2 fully saturated rings. The second-order valence-electron chi connectivity index (χ2n) is 6.34. The van der Waals surface area contributed by atoms with Crippen molar-refractivity contribution in [3.8, 4) is 0 Å². The van der Waals surface area contributed by atoms with Gasteiger partial charge in [-0.05, 0) is 32.3 Å². The van der Waals surface area contributed by atoms with Gasteiger partial charge in [-0.3, -0.25) is 14.3 Å². The van der Waals surface area contributed by atoms with Crippen molar-refractivity contribution in [1.82, 2.24) is 20.0 Å². The Morgan fingerprint density at radius 2 is 2.32 bits per heavy atom. The summed E-state index contributed by atoms with van der Waals surface area (Å²) in [4.78, 5) is 26.6. The molecule has 3 heterocycles. The highest BCUT2D eigenvalue weighted by Crippen LogP contribution is 2.37. The minimum Gasteiger partial charge on any atom is -0.392 e. The van der Waals surface area contributed by atoms with Crippen LogP contribution < -0.4 is 5.32 Å². The number of carbonyl (C=O) groups is 2. The van der Waals surface area contributed by atoms with Crippen molar-refractivity contribution in [1.29, 1.82) is 0 Å². The molecule has 0 aliphatic carbocycles. The van der Waals surface area contributed by atoms with Crippen LogP contribution in [-0.4, -0.2) is 57.3 Å². The predicted octanol–water partition coefficient (Wildman–Crippen LogP) is -0.168. The van der Waals surface area contributed by atoms with Gasteiger partial charge in [0.1, 0.15) is 0 Å². The van der Waals surface area contributed by atoms with Crippen LogP contribution in [0, 0.1) is 12.3 Å². The topological polar surface area (TPSA) is 87.5 Å². The van der Waals surface area contributed by atoms with Gasteiger partial charge in [-0.15, -0.1) is 0 Å². The van der Waals surface area contributed by atoms with Crippen LogP contribution >= 0.6 is 0 Å². The van der Waals surface area contributed by atoms with Crippen LogP contribution in [0.4, 0.5) is 0 Å². The van der Waals surface area contributed by atoms with Gasteiger partial charge in [0.25, 0.3) is 5.91 Å². The molecule has 7 nitrogen and oxygen atoms in total. The molecule has 1 aromatic rings. The Morgan fingerprint density at radius 1 is 1.55 bits per heavy atom. The molecule has 2 aliphatic rings. The predicted molar refractivity (Wildman–Crippen MR) is 79.1 cm³/mol. The number of aliphatic hydroxyl groups is 1. The number of aryl methyl sites for hydroxylation is 2. The van der Waals surface area contributed by atoms with Crippen molar-refractivity contribution >= 4 is 11.8 Å². The first kappa shape index (κ1) is 15.0. The highest BCUT2D eigenvalue weighted by molar-refractivity contribution is 5.93. The maximum Gasteiger partial charge on any atom is 0.274 e. The molecule has 3 rings (SSSR count). The maximum atomic E-state index is 12.6. The number of nitrogens with zero attached hydrogens (tertiary/aromatic N) is 3. The molecule has 1 spiro atoms. The van der Waals surface area contributed by atoms with E-state index in [-0.39, 0.29) is 18.4 Å². The third-order valence-corrected chi connectivity index (χ3v) is 4.94. The summed E-state index contributed by atoms with van der Waals surface area (Å²) in [5, 5.41) is 17.4. The number of piperidine rings is 2. The van der Waals surface area contributed by atoms with E-state index >= 15 is 0 Å². The van der Waals surface area contributed by atoms with E-state index in [9.17, 15) is 14.7 Å². The molecule has 0 saturated carbocycles. The van der Waals surface area contributed by atoms with E-state index in [4.69, 9.17) is 0 Å². The van der Waals surface area contributed by atoms with E-state index in [0.29, 0.717) is 31.6 Å². The number of aliphatic hydroxyl groups excluding tert-OH is 1. The number of hydrogen-bond donors (Lipinski definition) is 2. The van der Waals surface area contributed by atoms with Gasteiger partial charge in [0.15, 0.2) is 5.69 Å². The fraction of sp³-hybridized carbons (Fsp3) is 0.667. The number of carbonyl (C=O) groups excluding carboxylic acids is 2. The number of amides is 2. The highest BCUT2D eigenvalue weighted by atomic mass is 16.3. The number of likely N-dealkylation sites (tertiary alicyclic amines) is 1. The van der Waals surface area contributed by atoms with Crippen molar-refractivity contribution in [2.24, 2.45) is 12.5 Å². The van der Waals surface area contributed by atoms with Crippen LogP contribution in [0.25, 0.3) is 0 Å². The Hall–Kier alpha value is -1.89. The van der Waals surface area contributed by atoms with Crippen LogP contribution in [0.2, 0.25) is 0 Å². The third-order valence-electron chi connectivity index (χ3n) is 4.94. The summed E-state index contributed by atoms with van der Waals surface area (Å²) in [7, 11) is 1.79. The highest BCUT2D eigenvalue weighted by Gasteiger charge is 2.50. The molecule has 2 aliphatic heterocycles. The minimum absolute atomic E-state index is 0.138. The van der Waals surface area contributed by atoms with E-state index in [1.165, 1.54) is 0 Å². The second-order valence-corrected chi connectivity index (χ2v) is 6.34. The SMILES string of the molecule is Cc1cc(C(=O)N2CC[C@@H](O)[C@@]3(CCCNC3=O)C2)nn1C. The number of rotatable bonds is 1. The van der Waals surface area contributed by atoms with E-state index < -0.39 is 11.5 Å². The first-order valence-corrected chi connectivity index (χ1v) is 7.70. The molecule has 0 unspecified atom stereocenters. The lowest BCUT2D eigenvalue weighted by molar-refractivity contribution is -0.147. The van der Waals surface area contributed by atoms with Crippen LogP contribution in [0.5, 0.6) is 0 Å². The van der Waals surface area contributed by atoms with Crippen molar-refractivity contribution in [2.75, 3.05) is 19.6 Å². The molecular weight excluding hydrogens is 284 g/mol. The Balaban J connectivity index is 1.83. The van der Waals surface area contributed by atoms with Crippen LogP contribution in [0.15, 0.2) is 6.07 Å².